The largest absolute Gasteiger partial charge is 0.497 e. The highest BCUT2D eigenvalue weighted by Gasteiger charge is 2.27. The van der Waals surface area contributed by atoms with Gasteiger partial charge in [-0.2, -0.15) is 0 Å². The van der Waals surface area contributed by atoms with Crippen LogP contribution < -0.4 is 10.1 Å². The molecular formula is C21H30N2O4. The second-order valence-electron chi connectivity index (χ2n) is 6.90. The smallest absolute Gasteiger partial charge is 0.407 e. The molecule has 1 atom stereocenters. The molecule has 0 unspecified atom stereocenters. The fourth-order valence-electron chi connectivity index (χ4n) is 3.06. The van der Waals surface area contributed by atoms with E-state index in [4.69, 9.17) is 9.47 Å². The van der Waals surface area contributed by atoms with Crippen molar-refractivity contribution in [2.24, 2.45) is 5.92 Å². The number of methoxy groups -OCH3 is 1. The standard InChI is InChI=1S/C21H30N2O4/c1-4-5-6-18(20(24)23-12-11-16(2)14-23)13-22-21(25)27-15-17-7-9-19(26-3)10-8-17/h7-10,18H,2,4-6,11-15H2,1,3H3,(H,22,25)/t18-/m1/s1. The lowest BCUT2D eigenvalue weighted by Gasteiger charge is -2.23. The number of nitrogens with zero attached hydrogens (tertiary/aromatic N) is 1. The normalized spacial score (nSPS) is 14.7. The molecule has 6 nitrogen and oxygen atoms in total. The van der Waals surface area contributed by atoms with Gasteiger partial charge in [0, 0.05) is 19.6 Å². The van der Waals surface area contributed by atoms with Gasteiger partial charge in [0.15, 0.2) is 0 Å². The molecule has 2 rings (SSSR count). The number of hydrogen-bond donors (Lipinski definition) is 1. The van der Waals surface area contributed by atoms with Crippen LogP contribution in [-0.4, -0.2) is 43.6 Å². The van der Waals surface area contributed by atoms with E-state index in [9.17, 15) is 9.59 Å². The van der Waals surface area contributed by atoms with Crippen molar-refractivity contribution in [3.8, 4) is 5.75 Å². The van der Waals surface area contributed by atoms with Crippen LogP contribution >= 0.6 is 0 Å². The number of likely N-dealkylation sites (tertiary alicyclic amines) is 1. The molecule has 1 aliphatic rings. The first-order valence-electron chi connectivity index (χ1n) is 9.52. The predicted molar refractivity (Wildman–Crippen MR) is 105 cm³/mol. The number of carbonyl (C=O) groups excluding carboxylic acids is 2. The van der Waals surface area contributed by atoms with Crippen molar-refractivity contribution < 1.29 is 19.1 Å². The first-order valence-corrected chi connectivity index (χ1v) is 9.52. The molecule has 2 amide bonds. The number of unbranched alkanes of at least 4 members (excludes halogenated alkanes) is 1. The molecule has 27 heavy (non-hydrogen) atoms. The molecule has 1 aromatic carbocycles. The number of rotatable bonds is 9. The summed E-state index contributed by atoms with van der Waals surface area (Å²) >= 11 is 0. The Bertz CT molecular complexity index is 642. The molecular weight excluding hydrogens is 344 g/mol. The topological polar surface area (TPSA) is 67.9 Å². The van der Waals surface area contributed by atoms with E-state index in [2.05, 4.69) is 18.8 Å². The zero-order valence-electron chi connectivity index (χ0n) is 16.3. The van der Waals surface area contributed by atoms with E-state index in [1.165, 1.54) is 0 Å². The number of benzene rings is 1. The molecule has 148 valence electrons. The van der Waals surface area contributed by atoms with E-state index < -0.39 is 6.09 Å². The Morgan fingerprint density at radius 3 is 2.63 bits per heavy atom. The average molecular weight is 374 g/mol. The highest BCUT2D eigenvalue weighted by Crippen LogP contribution is 2.19. The van der Waals surface area contributed by atoms with E-state index in [1.54, 1.807) is 7.11 Å². The number of carbonyl (C=O) groups is 2. The third kappa shape index (κ3) is 6.62. The summed E-state index contributed by atoms with van der Waals surface area (Å²) in [6.07, 6.45) is 3.08. The van der Waals surface area contributed by atoms with E-state index in [1.807, 2.05) is 29.2 Å². The van der Waals surface area contributed by atoms with Crippen molar-refractivity contribution in [1.82, 2.24) is 10.2 Å². The molecule has 0 spiro atoms. The highest BCUT2D eigenvalue weighted by atomic mass is 16.5. The second kappa shape index (κ2) is 10.6. The molecule has 1 heterocycles. The summed E-state index contributed by atoms with van der Waals surface area (Å²) in [6.45, 7) is 7.87. The number of ether oxygens (including phenoxy) is 2. The summed E-state index contributed by atoms with van der Waals surface area (Å²) in [5, 5.41) is 2.74. The second-order valence-corrected chi connectivity index (χ2v) is 6.90. The van der Waals surface area contributed by atoms with Gasteiger partial charge in [-0.15, -0.1) is 0 Å². The molecule has 1 aromatic rings. The number of hydrogen-bond acceptors (Lipinski definition) is 4. The summed E-state index contributed by atoms with van der Waals surface area (Å²) in [6, 6.07) is 7.33. The van der Waals surface area contributed by atoms with Gasteiger partial charge >= 0.3 is 6.09 Å². The molecule has 1 N–H and O–H groups in total. The number of alkyl carbamates (subject to hydrolysis) is 1. The van der Waals surface area contributed by atoms with Crippen molar-refractivity contribution >= 4 is 12.0 Å². The first kappa shape index (κ1) is 20.8. The molecule has 0 aliphatic carbocycles. The lowest BCUT2D eigenvalue weighted by molar-refractivity contribution is -0.134. The van der Waals surface area contributed by atoms with Gasteiger partial charge in [0.25, 0.3) is 0 Å². The Labute approximate surface area is 161 Å². The summed E-state index contributed by atoms with van der Waals surface area (Å²) < 4.78 is 10.4. The molecule has 6 heteroatoms. The lowest BCUT2D eigenvalue weighted by atomic mass is 10.0. The highest BCUT2D eigenvalue weighted by molar-refractivity contribution is 5.80. The molecule has 0 bridgehead atoms. The molecule has 0 aromatic heterocycles. The average Bonchev–Trinajstić information content (AvgIpc) is 3.12. The first-order chi connectivity index (χ1) is 13.0. The van der Waals surface area contributed by atoms with Crippen LogP contribution in [0.5, 0.6) is 5.75 Å². The molecule has 1 aliphatic heterocycles. The Kier molecular flexibility index (Phi) is 8.17. The van der Waals surface area contributed by atoms with E-state index >= 15 is 0 Å². The molecule has 0 radical (unpaired) electrons. The van der Waals surface area contributed by atoms with Crippen LogP contribution in [0, 0.1) is 5.92 Å². The van der Waals surface area contributed by atoms with E-state index in [-0.39, 0.29) is 18.4 Å². The van der Waals surface area contributed by atoms with E-state index in [0.717, 1.165) is 49.1 Å². The number of nitrogens with one attached hydrogen (secondary N) is 1. The van der Waals surface area contributed by atoms with Gasteiger partial charge in [0.1, 0.15) is 12.4 Å². The molecule has 1 fully saturated rings. The molecule has 1 saturated heterocycles. The Balaban J connectivity index is 1.80. The van der Waals surface area contributed by atoms with Crippen LogP contribution in [0.25, 0.3) is 0 Å². The van der Waals surface area contributed by atoms with E-state index in [0.29, 0.717) is 13.1 Å². The minimum Gasteiger partial charge on any atom is -0.497 e. The quantitative estimate of drug-likeness (QED) is 0.672. The molecule has 0 saturated carbocycles. The lowest BCUT2D eigenvalue weighted by Crippen LogP contribution is -2.40. The Morgan fingerprint density at radius 1 is 1.30 bits per heavy atom. The van der Waals surface area contributed by atoms with Crippen molar-refractivity contribution in [2.75, 3.05) is 26.7 Å². The Morgan fingerprint density at radius 2 is 2.04 bits per heavy atom. The van der Waals surface area contributed by atoms with Gasteiger partial charge < -0.3 is 19.7 Å². The summed E-state index contributed by atoms with van der Waals surface area (Å²) in [4.78, 5) is 26.6. The Hall–Kier alpha value is -2.50. The zero-order chi connectivity index (χ0) is 19.6. The van der Waals surface area contributed by atoms with Gasteiger partial charge in [0.2, 0.25) is 5.91 Å². The van der Waals surface area contributed by atoms with Crippen LogP contribution in [0.15, 0.2) is 36.4 Å². The summed E-state index contributed by atoms with van der Waals surface area (Å²) in [5.74, 6) is 0.631. The van der Waals surface area contributed by atoms with Crippen LogP contribution in [-0.2, 0) is 16.1 Å². The van der Waals surface area contributed by atoms with Gasteiger partial charge in [-0.1, -0.05) is 44.1 Å². The van der Waals surface area contributed by atoms with Crippen LogP contribution in [0.4, 0.5) is 4.79 Å². The summed E-state index contributed by atoms with van der Waals surface area (Å²) in [7, 11) is 1.60. The van der Waals surface area contributed by atoms with Gasteiger partial charge in [0.05, 0.1) is 13.0 Å². The number of amides is 2. The van der Waals surface area contributed by atoms with Crippen molar-refractivity contribution in [3.63, 3.8) is 0 Å². The monoisotopic (exact) mass is 374 g/mol. The predicted octanol–water partition coefficient (Wildman–Crippen LogP) is 3.52. The SMILES string of the molecule is C=C1CCN(C(=O)[C@H](CCCC)CNC(=O)OCc2ccc(OC)cc2)C1. The fraction of sp³-hybridized carbons (Fsp3) is 0.524. The minimum atomic E-state index is -0.508. The fourth-order valence-corrected chi connectivity index (χ4v) is 3.06. The van der Waals surface area contributed by atoms with Gasteiger partial charge in [-0.05, 0) is 30.5 Å². The van der Waals surface area contributed by atoms with Crippen molar-refractivity contribution in [1.29, 1.82) is 0 Å². The van der Waals surface area contributed by atoms with Crippen LogP contribution in [0.1, 0.15) is 38.2 Å². The minimum absolute atomic E-state index is 0.0950. The third-order valence-electron chi connectivity index (χ3n) is 4.74. The van der Waals surface area contributed by atoms with Gasteiger partial charge in [-0.25, -0.2) is 4.79 Å². The third-order valence-corrected chi connectivity index (χ3v) is 4.74. The maximum Gasteiger partial charge on any atom is 0.407 e. The van der Waals surface area contributed by atoms with Crippen molar-refractivity contribution in [3.05, 3.63) is 42.0 Å². The van der Waals surface area contributed by atoms with Gasteiger partial charge in [-0.3, -0.25) is 4.79 Å². The van der Waals surface area contributed by atoms with Crippen LogP contribution in [0.2, 0.25) is 0 Å². The van der Waals surface area contributed by atoms with Crippen LogP contribution in [0.3, 0.4) is 0 Å². The van der Waals surface area contributed by atoms with Crippen molar-refractivity contribution in [2.45, 2.75) is 39.2 Å². The maximum absolute atomic E-state index is 12.7. The maximum atomic E-state index is 12.7. The summed E-state index contributed by atoms with van der Waals surface area (Å²) in [5.41, 5.74) is 1.96. The zero-order valence-corrected chi connectivity index (χ0v) is 16.3.